The molecule has 1 atom stereocenters. The Hall–Kier alpha value is -1.35. The van der Waals surface area contributed by atoms with Gasteiger partial charge < -0.3 is 11.5 Å². The van der Waals surface area contributed by atoms with Crippen LogP contribution in [0.2, 0.25) is 0 Å². The van der Waals surface area contributed by atoms with Crippen molar-refractivity contribution in [1.29, 1.82) is 0 Å². The number of likely N-dealkylation sites (tertiary alicyclic amines) is 1. The van der Waals surface area contributed by atoms with Gasteiger partial charge in [-0.2, -0.15) is 0 Å². The number of nitrogens with zero attached hydrogens (tertiary/aromatic N) is 1. The number of hydrogen-bond acceptors (Lipinski definition) is 4. The first-order chi connectivity index (χ1) is 9.20. The molecule has 1 unspecified atom stereocenters. The Kier molecular flexibility index (Phi) is 4.97. The minimum Gasteiger partial charge on any atom is -0.368 e. The summed E-state index contributed by atoms with van der Waals surface area (Å²) in [6.07, 6.45) is 3.09. The Bertz CT molecular complexity index is 500. The fourth-order valence-electron chi connectivity index (χ4n) is 2.38. The lowest BCUT2D eigenvalue weighted by Crippen LogP contribution is -2.46. The smallest absolute Gasteiger partial charge is 0.234 e. The molecule has 1 aliphatic heterocycles. The van der Waals surface area contributed by atoms with Gasteiger partial charge in [-0.05, 0) is 25.5 Å². The number of hydrogen-bond donors (Lipinski definition) is 2. The average Bonchev–Trinajstić information content (AvgIpc) is 2.84. The van der Waals surface area contributed by atoms with Crippen LogP contribution < -0.4 is 11.5 Å². The standard InChI is InChI=1S/C14H19N3OS/c15-6-3-4-11-8-12(19-10-11)9-17-7-2-1-5-13(17)14(16)18/h8,10,13H,1-2,5-7,9,15H2,(H2,16,18). The molecule has 0 bridgehead atoms. The van der Waals surface area contributed by atoms with Gasteiger partial charge in [-0.15, -0.1) is 11.3 Å². The van der Waals surface area contributed by atoms with Crippen molar-refractivity contribution >= 4 is 17.2 Å². The summed E-state index contributed by atoms with van der Waals surface area (Å²) in [5, 5.41) is 2.03. The second-order valence-corrected chi connectivity index (χ2v) is 5.69. The molecule has 5 heteroatoms. The summed E-state index contributed by atoms with van der Waals surface area (Å²) in [6.45, 7) is 2.10. The molecule has 1 aliphatic rings. The summed E-state index contributed by atoms with van der Waals surface area (Å²) >= 11 is 1.67. The molecule has 1 amide bonds. The second kappa shape index (κ2) is 6.71. The first-order valence-electron chi connectivity index (χ1n) is 6.50. The zero-order valence-corrected chi connectivity index (χ0v) is 11.7. The third kappa shape index (κ3) is 3.80. The fraction of sp³-hybridized carbons (Fsp3) is 0.500. The lowest BCUT2D eigenvalue weighted by molar-refractivity contribution is -0.124. The number of piperidine rings is 1. The maximum Gasteiger partial charge on any atom is 0.234 e. The van der Waals surface area contributed by atoms with Crippen LogP contribution in [0.3, 0.4) is 0 Å². The highest BCUT2D eigenvalue weighted by atomic mass is 32.1. The predicted molar refractivity (Wildman–Crippen MR) is 77.5 cm³/mol. The predicted octanol–water partition coefficient (Wildman–Crippen LogP) is 0.898. The molecule has 1 aromatic rings. The Morgan fingerprint density at radius 3 is 3.11 bits per heavy atom. The molecule has 4 nitrogen and oxygen atoms in total. The van der Waals surface area contributed by atoms with E-state index < -0.39 is 0 Å². The van der Waals surface area contributed by atoms with Crippen molar-refractivity contribution in [3.05, 3.63) is 21.9 Å². The van der Waals surface area contributed by atoms with E-state index in [0.29, 0.717) is 6.54 Å². The highest BCUT2D eigenvalue weighted by molar-refractivity contribution is 7.10. The van der Waals surface area contributed by atoms with Gasteiger partial charge in [-0.3, -0.25) is 9.69 Å². The lowest BCUT2D eigenvalue weighted by Gasteiger charge is -2.33. The maximum atomic E-state index is 11.4. The molecule has 0 aromatic carbocycles. The summed E-state index contributed by atoms with van der Waals surface area (Å²) in [4.78, 5) is 14.8. The third-order valence-electron chi connectivity index (χ3n) is 3.29. The van der Waals surface area contributed by atoms with Crippen LogP contribution in [0.25, 0.3) is 0 Å². The van der Waals surface area contributed by atoms with Crippen LogP contribution >= 0.6 is 11.3 Å². The van der Waals surface area contributed by atoms with Crippen LogP contribution in [0.1, 0.15) is 29.7 Å². The Balaban J connectivity index is 2.02. The molecule has 0 saturated carbocycles. The molecule has 19 heavy (non-hydrogen) atoms. The zero-order valence-electron chi connectivity index (χ0n) is 10.9. The molecular formula is C14H19N3OS. The first kappa shape index (κ1) is 14.1. The van der Waals surface area contributed by atoms with Crippen LogP contribution in [0.15, 0.2) is 11.4 Å². The van der Waals surface area contributed by atoms with Crippen LogP contribution in [-0.2, 0) is 11.3 Å². The van der Waals surface area contributed by atoms with Crippen LogP contribution in [-0.4, -0.2) is 29.9 Å². The van der Waals surface area contributed by atoms with Crippen molar-refractivity contribution in [2.45, 2.75) is 31.8 Å². The quantitative estimate of drug-likeness (QED) is 0.806. The largest absolute Gasteiger partial charge is 0.368 e. The molecule has 1 saturated heterocycles. The summed E-state index contributed by atoms with van der Waals surface area (Å²) in [5.41, 5.74) is 11.8. The highest BCUT2D eigenvalue weighted by Gasteiger charge is 2.26. The van der Waals surface area contributed by atoms with Gasteiger partial charge in [0.2, 0.25) is 5.91 Å². The van der Waals surface area contributed by atoms with E-state index in [2.05, 4.69) is 22.8 Å². The summed E-state index contributed by atoms with van der Waals surface area (Å²) in [7, 11) is 0. The molecule has 1 aromatic heterocycles. The molecule has 1 fully saturated rings. The normalized spacial score (nSPS) is 19.7. The van der Waals surface area contributed by atoms with Crippen LogP contribution in [0.4, 0.5) is 0 Å². The van der Waals surface area contributed by atoms with E-state index >= 15 is 0 Å². The van der Waals surface area contributed by atoms with Gasteiger partial charge in [0.25, 0.3) is 0 Å². The Labute approximate surface area is 117 Å². The van der Waals surface area contributed by atoms with Gasteiger partial charge in [-0.1, -0.05) is 18.3 Å². The van der Waals surface area contributed by atoms with E-state index in [1.807, 2.05) is 5.38 Å². The fourth-order valence-corrected chi connectivity index (χ4v) is 3.23. The summed E-state index contributed by atoms with van der Waals surface area (Å²) in [5.74, 6) is 5.66. The number of carbonyl (C=O) groups is 1. The Morgan fingerprint density at radius 2 is 2.37 bits per heavy atom. The van der Waals surface area contributed by atoms with E-state index in [9.17, 15) is 4.79 Å². The van der Waals surface area contributed by atoms with Gasteiger partial charge in [0.05, 0.1) is 12.6 Å². The van der Waals surface area contributed by atoms with Crippen molar-refractivity contribution in [1.82, 2.24) is 4.90 Å². The lowest BCUT2D eigenvalue weighted by atomic mass is 10.0. The minimum atomic E-state index is -0.209. The monoisotopic (exact) mass is 277 g/mol. The number of nitrogens with two attached hydrogens (primary N) is 2. The van der Waals surface area contributed by atoms with Gasteiger partial charge in [-0.25, -0.2) is 0 Å². The molecule has 2 heterocycles. The number of carbonyl (C=O) groups excluding carboxylic acids is 1. The minimum absolute atomic E-state index is 0.116. The molecular weight excluding hydrogens is 258 g/mol. The van der Waals surface area contributed by atoms with Crippen molar-refractivity contribution in [2.24, 2.45) is 11.5 Å². The summed E-state index contributed by atoms with van der Waals surface area (Å²) in [6, 6.07) is 1.95. The Morgan fingerprint density at radius 1 is 1.53 bits per heavy atom. The molecule has 102 valence electrons. The van der Waals surface area contributed by atoms with Crippen LogP contribution in [0, 0.1) is 11.8 Å². The average molecular weight is 277 g/mol. The van der Waals surface area contributed by atoms with E-state index in [4.69, 9.17) is 11.5 Å². The van der Waals surface area contributed by atoms with Crippen LogP contribution in [0.5, 0.6) is 0 Å². The van der Waals surface area contributed by atoms with Crippen molar-refractivity contribution in [3.8, 4) is 11.8 Å². The van der Waals surface area contributed by atoms with Crippen molar-refractivity contribution in [2.75, 3.05) is 13.1 Å². The first-order valence-corrected chi connectivity index (χ1v) is 7.38. The number of primary amides is 1. The molecule has 0 spiro atoms. The van der Waals surface area contributed by atoms with E-state index in [1.54, 1.807) is 11.3 Å². The van der Waals surface area contributed by atoms with Gasteiger partial charge >= 0.3 is 0 Å². The maximum absolute atomic E-state index is 11.4. The summed E-state index contributed by atoms with van der Waals surface area (Å²) < 4.78 is 0. The van der Waals surface area contributed by atoms with Gasteiger partial charge in [0.15, 0.2) is 0 Å². The molecule has 2 rings (SSSR count). The van der Waals surface area contributed by atoms with Crippen molar-refractivity contribution in [3.63, 3.8) is 0 Å². The topological polar surface area (TPSA) is 72.3 Å². The number of rotatable bonds is 3. The van der Waals surface area contributed by atoms with E-state index in [1.165, 1.54) is 4.88 Å². The zero-order chi connectivity index (χ0) is 13.7. The van der Waals surface area contributed by atoms with Gasteiger partial charge in [0.1, 0.15) is 0 Å². The van der Waals surface area contributed by atoms with Gasteiger partial charge in [0, 0.05) is 22.4 Å². The second-order valence-electron chi connectivity index (χ2n) is 4.69. The molecule has 0 aliphatic carbocycles. The number of amides is 1. The number of thiophene rings is 1. The SMILES string of the molecule is NCC#Cc1csc(CN2CCCCC2C(N)=O)c1. The molecule has 0 radical (unpaired) electrons. The third-order valence-corrected chi connectivity index (χ3v) is 4.21. The highest BCUT2D eigenvalue weighted by Crippen LogP contribution is 2.22. The van der Waals surface area contributed by atoms with E-state index in [0.717, 1.165) is 37.9 Å². The molecule has 4 N–H and O–H groups in total. The van der Waals surface area contributed by atoms with E-state index in [-0.39, 0.29) is 11.9 Å². The van der Waals surface area contributed by atoms with Crippen molar-refractivity contribution < 1.29 is 4.79 Å².